The monoisotopic (exact) mass is 303 g/mol. The zero-order chi connectivity index (χ0) is 14.7. The highest BCUT2D eigenvalue weighted by Crippen LogP contribution is 2.27. The van der Waals surface area contributed by atoms with Gasteiger partial charge in [0.15, 0.2) is 0 Å². The zero-order valence-corrected chi connectivity index (χ0v) is 12.6. The van der Waals surface area contributed by atoms with Crippen molar-refractivity contribution >= 4 is 33.3 Å². The molecule has 110 valence electrons. The van der Waals surface area contributed by atoms with Crippen molar-refractivity contribution in [2.75, 3.05) is 28.6 Å². The molecular weight excluding hydrogens is 286 g/mol. The van der Waals surface area contributed by atoms with E-state index in [-0.39, 0.29) is 6.03 Å². The number of urea groups is 1. The molecule has 6 nitrogen and oxygen atoms in total. The maximum Gasteiger partial charge on any atom is 0.325 e. The van der Waals surface area contributed by atoms with Crippen LogP contribution in [0.15, 0.2) is 24.3 Å². The first-order valence-corrected chi connectivity index (χ1v) is 7.76. The third-order valence-electron chi connectivity index (χ3n) is 3.40. The Morgan fingerprint density at radius 1 is 1.19 bits per heavy atom. The van der Waals surface area contributed by atoms with E-state index in [1.54, 1.807) is 0 Å². The number of aromatic nitrogens is 2. The summed E-state index contributed by atoms with van der Waals surface area (Å²) in [6.45, 7) is 3.99. The normalized spacial score (nSPS) is 14.2. The minimum atomic E-state index is -0.298. The van der Waals surface area contributed by atoms with Crippen LogP contribution in [0.3, 0.4) is 0 Å². The summed E-state index contributed by atoms with van der Waals surface area (Å²) in [4.78, 5) is 14.2. The second kappa shape index (κ2) is 6.09. The summed E-state index contributed by atoms with van der Waals surface area (Å²) in [6.07, 6.45) is 2.38. The van der Waals surface area contributed by atoms with E-state index in [1.165, 1.54) is 24.2 Å². The molecule has 7 heteroatoms. The molecule has 1 saturated heterocycles. The highest BCUT2D eigenvalue weighted by molar-refractivity contribution is 7.19. The molecule has 2 heterocycles. The Morgan fingerprint density at radius 3 is 2.71 bits per heavy atom. The Hall–Kier alpha value is -2.15. The van der Waals surface area contributed by atoms with Gasteiger partial charge in [0.1, 0.15) is 0 Å². The van der Waals surface area contributed by atoms with Crippen molar-refractivity contribution in [1.29, 1.82) is 0 Å². The number of nitrogens with one attached hydrogen (secondary N) is 2. The molecule has 0 aliphatic carbocycles. The van der Waals surface area contributed by atoms with Gasteiger partial charge in [-0.05, 0) is 31.4 Å². The van der Waals surface area contributed by atoms with Crippen LogP contribution in [0.25, 0.3) is 0 Å². The lowest BCUT2D eigenvalue weighted by atomic mass is 10.2. The fourth-order valence-corrected chi connectivity index (χ4v) is 3.06. The lowest BCUT2D eigenvalue weighted by Crippen LogP contribution is -2.19. The van der Waals surface area contributed by atoms with Crippen molar-refractivity contribution in [3.05, 3.63) is 29.8 Å². The lowest BCUT2D eigenvalue weighted by Gasteiger charge is -2.11. The minimum Gasteiger partial charge on any atom is -0.347 e. The number of aryl methyl sites for hydroxylation is 1. The molecule has 2 aromatic rings. The summed E-state index contributed by atoms with van der Waals surface area (Å²) >= 11 is 1.40. The molecule has 0 bridgehead atoms. The molecule has 1 fully saturated rings. The van der Waals surface area contributed by atoms with Crippen molar-refractivity contribution in [2.24, 2.45) is 0 Å². The smallest absolute Gasteiger partial charge is 0.325 e. The number of carbonyl (C=O) groups is 1. The third-order valence-corrected chi connectivity index (χ3v) is 4.30. The number of rotatable bonds is 3. The topological polar surface area (TPSA) is 70.1 Å². The molecule has 0 spiro atoms. The van der Waals surface area contributed by atoms with Gasteiger partial charge in [0.05, 0.1) is 0 Å². The predicted octanol–water partition coefficient (Wildman–Crippen LogP) is 3.09. The summed E-state index contributed by atoms with van der Waals surface area (Å²) < 4.78 is 0. The average Bonchev–Trinajstić information content (AvgIpc) is 3.12. The largest absolute Gasteiger partial charge is 0.347 e. The molecular formula is C14H17N5OS. The van der Waals surface area contributed by atoms with E-state index in [1.807, 2.05) is 31.2 Å². The molecule has 0 radical (unpaired) electrons. The molecule has 1 aromatic heterocycles. The second-order valence-electron chi connectivity index (χ2n) is 4.98. The van der Waals surface area contributed by atoms with E-state index in [0.717, 1.165) is 29.5 Å². The summed E-state index contributed by atoms with van der Waals surface area (Å²) in [7, 11) is 0. The van der Waals surface area contributed by atoms with Gasteiger partial charge in [0.25, 0.3) is 0 Å². The van der Waals surface area contributed by atoms with Gasteiger partial charge in [-0.25, -0.2) is 4.79 Å². The summed E-state index contributed by atoms with van der Waals surface area (Å²) in [5.41, 5.74) is 1.81. The first-order chi connectivity index (χ1) is 10.2. The summed E-state index contributed by atoms with van der Waals surface area (Å²) in [5, 5.41) is 15.1. The molecule has 0 unspecified atom stereocenters. The number of anilines is 3. The first kappa shape index (κ1) is 13.8. The van der Waals surface area contributed by atoms with E-state index in [0.29, 0.717) is 5.13 Å². The van der Waals surface area contributed by atoms with E-state index in [4.69, 9.17) is 0 Å². The van der Waals surface area contributed by atoms with Crippen LogP contribution in [0, 0.1) is 6.92 Å². The van der Waals surface area contributed by atoms with Crippen LogP contribution in [-0.4, -0.2) is 29.3 Å². The van der Waals surface area contributed by atoms with E-state index in [2.05, 4.69) is 25.7 Å². The Kier molecular flexibility index (Phi) is 4.01. The fourth-order valence-electron chi connectivity index (χ4n) is 2.27. The number of hydrogen-bond acceptors (Lipinski definition) is 5. The van der Waals surface area contributed by atoms with Crippen LogP contribution in [0.2, 0.25) is 0 Å². The van der Waals surface area contributed by atoms with Crippen molar-refractivity contribution in [1.82, 2.24) is 10.2 Å². The predicted molar refractivity (Wildman–Crippen MR) is 85.2 cm³/mol. The Bertz CT molecular complexity index is 636. The third kappa shape index (κ3) is 3.30. The molecule has 2 amide bonds. The van der Waals surface area contributed by atoms with Crippen LogP contribution >= 0.6 is 11.3 Å². The average molecular weight is 303 g/mol. The Balaban J connectivity index is 1.61. The van der Waals surface area contributed by atoms with Gasteiger partial charge in [0, 0.05) is 18.8 Å². The fraction of sp³-hybridized carbons (Fsp3) is 0.357. The molecule has 3 rings (SSSR count). The van der Waals surface area contributed by atoms with Gasteiger partial charge in [-0.15, -0.1) is 10.2 Å². The van der Waals surface area contributed by atoms with Gasteiger partial charge in [-0.2, -0.15) is 0 Å². The molecule has 0 saturated carbocycles. The number of nitrogens with zero attached hydrogens (tertiary/aromatic N) is 3. The summed E-state index contributed by atoms with van der Waals surface area (Å²) in [6, 6.07) is 7.34. The molecule has 1 aliphatic heterocycles. The lowest BCUT2D eigenvalue weighted by molar-refractivity contribution is 0.262. The first-order valence-electron chi connectivity index (χ1n) is 6.94. The minimum absolute atomic E-state index is 0.298. The Morgan fingerprint density at radius 2 is 1.95 bits per heavy atom. The molecule has 21 heavy (non-hydrogen) atoms. The second-order valence-corrected chi connectivity index (χ2v) is 5.93. The van der Waals surface area contributed by atoms with Crippen LogP contribution in [0.5, 0.6) is 0 Å². The van der Waals surface area contributed by atoms with Gasteiger partial charge in [-0.1, -0.05) is 29.5 Å². The van der Waals surface area contributed by atoms with Crippen LogP contribution in [0.4, 0.5) is 20.7 Å². The number of hydrogen-bond donors (Lipinski definition) is 2. The number of amides is 2. The maximum absolute atomic E-state index is 12.0. The SMILES string of the molecule is Cc1ccccc1NC(=O)Nc1nnc(N2CCCC2)s1. The van der Waals surface area contributed by atoms with Gasteiger partial charge in [0.2, 0.25) is 10.3 Å². The van der Waals surface area contributed by atoms with E-state index < -0.39 is 0 Å². The van der Waals surface area contributed by atoms with Crippen molar-refractivity contribution in [2.45, 2.75) is 19.8 Å². The van der Waals surface area contributed by atoms with Gasteiger partial charge >= 0.3 is 6.03 Å². The zero-order valence-electron chi connectivity index (χ0n) is 11.8. The van der Waals surface area contributed by atoms with Crippen LogP contribution < -0.4 is 15.5 Å². The van der Waals surface area contributed by atoms with Gasteiger partial charge < -0.3 is 10.2 Å². The molecule has 1 aliphatic rings. The number of para-hydroxylation sites is 1. The maximum atomic E-state index is 12.0. The molecule has 2 N–H and O–H groups in total. The van der Waals surface area contributed by atoms with Crippen molar-refractivity contribution < 1.29 is 4.79 Å². The standard InChI is InChI=1S/C14H17N5OS/c1-10-6-2-3-7-11(10)15-12(20)16-13-17-18-14(21-13)19-8-4-5-9-19/h2-3,6-7H,4-5,8-9H2,1H3,(H2,15,16,17,20). The van der Waals surface area contributed by atoms with Crippen molar-refractivity contribution in [3.63, 3.8) is 0 Å². The van der Waals surface area contributed by atoms with E-state index in [9.17, 15) is 4.79 Å². The number of carbonyl (C=O) groups excluding carboxylic acids is 1. The Labute approximate surface area is 127 Å². The molecule has 0 atom stereocenters. The highest BCUT2D eigenvalue weighted by Gasteiger charge is 2.17. The molecule has 1 aromatic carbocycles. The van der Waals surface area contributed by atoms with Gasteiger partial charge in [-0.3, -0.25) is 5.32 Å². The van der Waals surface area contributed by atoms with E-state index >= 15 is 0 Å². The quantitative estimate of drug-likeness (QED) is 0.914. The van der Waals surface area contributed by atoms with Crippen LogP contribution in [-0.2, 0) is 0 Å². The van der Waals surface area contributed by atoms with Crippen LogP contribution in [0.1, 0.15) is 18.4 Å². The highest BCUT2D eigenvalue weighted by atomic mass is 32.1. The number of benzene rings is 1. The summed E-state index contributed by atoms with van der Waals surface area (Å²) in [5.74, 6) is 0. The van der Waals surface area contributed by atoms with Crippen molar-refractivity contribution in [3.8, 4) is 0 Å².